The molecule has 0 aliphatic heterocycles. The van der Waals surface area contributed by atoms with E-state index in [0.717, 1.165) is 5.56 Å². The normalized spacial score (nSPS) is 13.3. The van der Waals surface area contributed by atoms with Crippen molar-refractivity contribution in [2.45, 2.75) is 32.9 Å². The molecule has 7 heteroatoms. The molecule has 0 aliphatic carbocycles. The molecule has 0 aromatic heterocycles. The summed E-state index contributed by atoms with van der Waals surface area (Å²) in [4.78, 5) is 23.6. The fourth-order valence-electron chi connectivity index (χ4n) is 1.80. The third-order valence-corrected chi connectivity index (χ3v) is 4.15. The van der Waals surface area contributed by atoms with Gasteiger partial charge in [0.25, 0.3) is 0 Å². The van der Waals surface area contributed by atoms with E-state index in [9.17, 15) is 9.59 Å². The highest BCUT2D eigenvalue weighted by Gasteiger charge is 2.28. The molecule has 0 aliphatic rings. The zero-order valence-electron chi connectivity index (χ0n) is 13.8. The first-order chi connectivity index (χ1) is 10.8. The van der Waals surface area contributed by atoms with Crippen molar-refractivity contribution < 1.29 is 9.59 Å². The minimum absolute atomic E-state index is 0.102. The van der Waals surface area contributed by atoms with E-state index < -0.39 is 11.6 Å². The smallest absolute Gasteiger partial charge is 0.315 e. The standard InChI is InChI=1S/C16H25ClN4O2/c1-11(2)16(3,10-18)21-14(22)9-20-15(23)19-8-12-4-6-13(17)7-5-12/h4-7,11H,8-10,18H2,1-3H3,(H,21,22)(H2,19,20,23). The monoisotopic (exact) mass is 340 g/mol. The van der Waals surface area contributed by atoms with Crippen molar-refractivity contribution in [2.24, 2.45) is 11.7 Å². The first-order valence-corrected chi connectivity index (χ1v) is 7.92. The fourth-order valence-corrected chi connectivity index (χ4v) is 1.93. The van der Waals surface area contributed by atoms with Gasteiger partial charge in [0.2, 0.25) is 5.91 Å². The van der Waals surface area contributed by atoms with Crippen LogP contribution in [0.4, 0.5) is 4.79 Å². The number of benzene rings is 1. The predicted molar refractivity (Wildman–Crippen MR) is 92.1 cm³/mol. The number of amides is 3. The molecule has 6 nitrogen and oxygen atoms in total. The van der Waals surface area contributed by atoms with Gasteiger partial charge in [-0.1, -0.05) is 37.6 Å². The van der Waals surface area contributed by atoms with E-state index in [-0.39, 0.29) is 18.4 Å². The quantitative estimate of drug-likeness (QED) is 0.607. The van der Waals surface area contributed by atoms with Crippen LogP contribution in [-0.2, 0) is 11.3 Å². The Labute approximate surface area is 142 Å². The maximum Gasteiger partial charge on any atom is 0.315 e. The maximum absolute atomic E-state index is 11.9. The van der Waals surface area contributed by atoms with Gasteiger partial charge in [-0.3, -0.25) is 4.79 Å². The van der Waals surface area contributed by atoms with E-state index in [0.29, 0.717) is 18.1 Å². The highest BCUT2D eigenvalue weighted by molar-refractivity contribution is 6.30. The highest BCUT2D eigenvalue weighted by Crippen LogP contribution is 2.14. The van der Waals surface area contributed by atoms with Gasteiger partial charge >= 0.3 is 6.03 Å². The molecule has 5 N–H and O–H groups in total. The summed E-state index contributed by atoms with van der Waals surface area (Å²) in [6.45, 7) is 6.44. The van der Waals surface area contributed by atoms with Crippen LogP contribution in [0.5, 0.6) is 0 Å². The second kappa shape index (κ2) is 8.74. The number of halogens is 1. The molecular weight excluding hydrogens is 316 g/mol. The summed E-state index contributed by atoms with van der Waals surface area (Å²) < 4.78 is 0. The number of urea groups is 1. The topological polar surface area (TPSA) is 96.2 Å². The maximum atomic E-state index is 11.9. The summed E-state index contributed by atoms with van der Waals surface area (Å²) in [6.07, 6.45) is 0. The zero-order chi connectivity index (χ0) is 17.5. The van der Waals surface area contributed by atoms with Crippen LogP contribution in [0.2, 0.25) is 5.02 Å². The molecule has 1 aromatic rings. The predicted octanol–water partition coefficient (Wildman–Crippen LogP) is 1.63. The number of hydrogen-bond donors (Lipinski definition) is 4. The summed E-state index contributed by atoms with van der Waals surface area (Å²) in [6, 6.07) is 6.75. The van der Waals surface area contributed by atoms with Gasteiger partial charge in [0.15, 0.2) is 0 Å². The Balaban J connectivity index is 2.35. The lowest BCUT2D eigenvalue weighted by molar-refractivity contribution is -0.122. The molecule has 0 heterocycles. The lowest BCUT2D eigenvalue weighted by Gasteiger charge is -2.33. The molecule has 0 saturated carbocycles. The number of hydrogen-bond acceptors (Lipinski definition) is 3. The Morgan fingerprint density at radius 2 is 1.83 bits per heavy atom. The number of nitrogens with one attached hydrogen (secondary N) is 3. The van der Waals surface area contributed by atoms with Crippen LogP contribution >= 0.6 is 11.6 Å². The van der Waals surface area contributed by atoms with E-state index >= 15 is 0 Å². The highest BCUT2D eigenvalue weighted by atomic mass is 35.5. The molecule has 128 valence electrons. The molecule has 1 atom stereocenters. The van der Waals surface area contributed by atoms with Crippen LogP contribution in [-0.4, -0.2) is 30.6 Å². The van der Waals surface area contributed by atoms with Gasteiger partial charge in [-0.2, -0.15) is 0 Å². The minimum atomic E-state index is -0.488. The fraction of sp³-hybridized carbons (Fsp3) is 0.500. The Bertz CT molecular complexity index is 533. The van der Waals surface area contributed by atoms with Crippen LogP contribution in [0.15, 0.2) is 24.3 Å². The zero-order valence-corrected chi connectivity index (χ0v) is 14.5. The number of nitrogens with two attached hydrogens (primary N) is 1. The Morgan fingerprint density at radius 1 is 1.22 bits per heavy atom. The Morgan fingerprint density at radius 3 is 2.35 bits per heavy atom. The Hall–Kier alpha value is -1.79. The summed E-state index contributed by atoms with van der Waals surface area (Å²) in [5, 5.41) is 8.69. The van der Waals surface area contributed by atoms with Crippen molar-refractivity contribution >= 4 is 23.5 Å². The summed E-state index contributed by atoms with van der Waals surface area (Å²) in [7, 11) is 0. The third kappa shape index (κ3) is 6.46. The van der Waals surface area contributed by atoms with Crippen LogP contribution in [0, 0.1) is 5.92 Å². The van der Waals surface area contributed by atoms with E-state index in [1.54, 1.807) is 12.1 Å². The summed E-state index contributed by atoms with van der Waals surface area (Å²) >= 11 is 5.79. The number of carbonyl (C=O) groups is 2. The summed E-state index contributed by atoms with van der Waals surface area (Å²) in [5.41, 5.74) is 6.14. The average Bonchev–Trinajstić information content (AvgIpc) is 2.52. The van der Waals surface area contributed by atoms with Crippen LogP contribution in [0.1, 0.15) is 26.3 Å². The first-order valence-electron chi connectivity index (χ1n) is 7.54. The molecule has 0 saturated heterocycles. The van der Waals surface area contributed by atoms with Gasteiger partial charge in [0.1, 0.15) is 0 Å². The van der Waals surface area contributed by atoms with Gasteiger partial charge in [0.05, 0.1) is 12.1 Å². The minimum Gasteiger partial charge on any atom is -0.348 e. The Kier molecular flexibility index (Phi) is 7.32. The molecule has 1 aromatic carbocycles. The molecule has 0 radical (unpaired) electrons. The van der Waals surface area contributed by atoms with Crippen molar-refractivity contribution in [3.63, 3.8) is 0 Å². The molecule has 23 heavy (non-hydrogen) atoms. The van der Waals surface area contributed by atoms with Crippen molar-refractivity contribution in [1.29, 1.82) is 0 Å². The second-order valence-electron chi connectivity index (χ2n) is 5.99. The average molecular weight is 341 g/mol. The molecule has 1 rings (SSSR count). The van der Waals surface area contributed by atoms with E-state index in [1.165, 1.54) is 0 Å². The van der Waals surface area contributed by atoms with Gasteiger partial charge in [-0.05, 0) is 30.5 Å². The first kappa shape index (κ1) is 19.3. The van der Waals surface area contributed by atoms with Crippen molar-refractivity contribution in [1.82, 2.24) is 16.0 Å². The van der Waals surface area contributed by atoms with Crippen LogP contribution in [0.25, 0.3) is 0 Å². The number of carbonyl (C=O) groups excluding carboxylic acids is 2. The SMILES string of the molecule is CC(C)C(C)(CN)NC(=O)CNC(=O)NCc1ccc(Cl)cc1. The van der Waals surface area contributed by atoms with Crippen LogP contribution < -0.4 is 21.7 Å². The lowest BCUT2D eigenvalue weighted by atomic mass is 9.88. The number of rotatable bonds is 7. The lowest BCUT2D eigenvalue weighted by Crippen LogP contribution is -2.57. The molecule has 0 fully saturated rings. The molecular formula is C16H25ClN4O2. The third-order valence-electron chi connectivity index (χ3n) is 3.90. The van der Waals surface area contributed by atoms with Crippen molar-refractivity contribution in [2.75, 3.05) is 13.1 Å². The molecule has 1 unspecified atom stereocenters. The van der Waals surface area contributed by atoms with Crippen LogP contribution in [0.3, 0.4) is 0 Å². The van der Waals surface area contributed by atoms with Gasteiger partial charge < -0.3 is 21.7 Å². The van der Waals surface area contributed by atoms with Crippen molar-refractivity contribution in [3.8, 4) is 0 Å². The van der Waals surface area contributed by atoms with Gasteiger partial charge in [-0.25, -0.2) is 4.79 Å². The van der Waals surface area contributed by atoms with E-state index in [1.807, 2.05) is 32.9 Å². The second-order valence-corrected chi connectivity index (χ2v) is 6.42. The van der Waals surface area contributed by atoms with E-state index in [2.05, 4.69) is 16.0 Å². The van der Waals surface area contributed by atoms with Crippen molar-refractivity contribution in [3.05, 3.63) is 34.9 Å². The summed E-state index contributed by atoms with van der Waals surface area (Å²) in [5.74, 6) is -0.0801. The molecule has 0 bridgehead atoms. The van der Waals surface area contributed by atoms with Gasteiger partial charge in [0, 0.05) is 18.1 Å². The molecule has 3 amide bonds. The van der Waals surface area contributed by atoms with Gasteiger partial charge in [-0.15, -0.1) is 0 Å². The molecule has 0 spiro atoms. The van der Waals surface area contributed by atoms with E-state index in [4.69, 9.17) is 17.3 Å². The largest absolute Gasteiger partial charge is 0.348 e.